The number of nitrogens with one attached hydrogen (secondary N) is 1. The molecule has 0 unspecified atom stereocenters. The van der Waals surface area contributed by atoms with Crippen LogP contribution in [0, 0.1) is 18.3 Å². The smallest absolute Gasteiger partial charge is 0.243 e. The molecule has 0 radical (unpaired) electrons. The largest absolute Gasteiger partial charge is 0.318 e. The van der Waals surface area contributed by atoms with Gasteiger partial charge < -0.3 is 5.32 Å². The molecular formula is C14H19N3O2S. The molecule has 0 amide bonds. The van der Waals surface area contributed by atoms with Gasteiger partial charge >= 0.3 is 0 Å². The van der Waals surface area contributed by atoms with Gasteiger partial charge in [0.1, 0.15) is 0 Å². The average Bonchev–Trinajstić information content (AvgIpc) is 2.87. The van der Waals surface area contributed by atoms with Gasteiger partial charge in [0.2, 0.25) is 10.0 Å². The Hall–Kier alpha value is -1.42. The summed E-state index contributed by atoms with van der Waals surface area (Å²) in [7, 11) is -1.65. The number of benzene rings is 1. The summed E-state index contributed by atoms with van der Waals surface area (Å²) in [6.07, 6.45) is 1.77. The maximum absolute atomic E-state index is 12.8. The molecule has 1 fully saturated rings. The standard InChI is InChI=1S/C14H19N3O2S/c1-11-8-12(9-15)5-6-14(11)20(18,19)17-7-3-4-13(17)10-16-2/h5-6,8,13,16H,3-4,7,10H2,1-2H3/t13-/m0/s1. The summed E-state index contributed by atoms with van der Waals surface area (Å²) < 4.78 is 27.1. The van der Waals surface area contributed by atoms with Crippen molar-refractivity contribution in [2.45, 2.75) is 30.7 Å². The quantitative estimate of drug-likeness (QED) is 0.906. The van der Waals surface area contributed by atoms with Crippen LogP contribution >= 0.6 is 0 Å². The Labute approximate surface area is 120 Å². The third kappa shape index (κ3) is 2.70. The predicted octanol–water partition coefficient (Wildman–Crippen LogP) is 1.24. The highest BCUT2D eigenvalue weighted by atomic mass is 32.2. The summed E-state index contributed by atoms with van der Waals surface area (Å²) in [6, 6.07) is 6.76. The van der Waals surface area contributed by atoms with Crippen LogP contribution in [0.25, 0.3) is 0 Å². The van der Waals surface area contributed by atoms with E-state index in [9.17, 15) is 8.42 Å². The van der Waals surface area contributed by atoms with E-state index in [1.165, 1.54) is 6.07 Å². The van der Waals surface area contributed by atoms with Crippen LogP contribution < -0.4 is 5.32 Å². The lowest BCUT2D eigenvalue weighted by atomic mass is 10.2. The van der Waals surface area contributed by atoms with E-state index in [1.54, 1.807) is 23.4 Å². The average molecular weight is 293 g/mol. The molecule has 20 heavy (non-hydrogen) atoms. The lowest BCUT2D eigenvalue weighted by molar-refractivity contribution is 0.379. The number of hydrogen-bond acceptors (Lipinski definition) is 4. The fraction of sp³-hybridized carbons (Fsp3) is 0.500. The van der Waals surface area contributed by atoms with Gasteiger partial charge in [0.05, 0.1) is 16.5 Å². The first-order valence-corrected chi connectivity index (χ1v) is 8.12. The van der Waals surface area contributed by atoms with Gasteiger partial charge in [-0.15, -0.1) is 0 Å². The zero-order valence-corrected chi connectivity index (χ0v) is 12.6. The molecule has 1 aromatic carbocycles. The topological polar surface area (TPSA) is 73.2 Å². The molecule has 2 rings (SSSR count). The minimum atomic E-state index is -3.48. The minimum absolute atomic E-state index is 0.0139. The maximum Gasteiger partial charge on any atom is 0.243 e. The normalized spacial score (nSPS) is 19.9. The molecule has 5 nitrogen and oxygen atoms in total. The number of likely N-dealkylation sites (N-methyl/N-ethyl adjacent to an activating group) is 1. The van der Waals surface area contributed by atoms with E-state index in [0.29, 0.717) is 29.1 Å². The summed E-state index contributed by atoms with van der Waals surface area (Å²) >= 11 is 0. The van der Waals surface area contributed by atoms with Crippen molar-refractivity contribution >= 4 is 10.0 Å². The van der Waals surface area contributed by atoms with E-state index in [2.05, 4.69) is 5.32 Å². The number of aryl methyl sites for hydroxylation is 1. The van der Waals surface area contributed by atoms with Gasteiger partial charge in [-0.2, -0.15) is 9.57 Å². The summed E-state index contributed by atoms with van der Waals surface area (Å²) in [4.78, 5) is 0.305. The van der Waals surface area contributed by atoms with Crippen molar-refractivity contribution < 1.29 is 8.42 Å². The van der Waals surface area contributed by atoms with Crippen molar-refractivity contribution in [1.82, 2.24) is 9.62 Å². The highest BCUT2D eigenvalue weighted by molar-refractivity contribution is 7.89. The molecule has 1 saturated heterocycles. The molecule has 1 atom stereocenters. The van der Waals surface area contributed by atoms with E-state index < -0.39 is 10.0 Å². The first kappa shape index (κ1) is 15.0. The van der Waals surface area contributed by atoms with Crippen molar-refractivity contribution in [2.24, 2.45) is 0 Å². The number of sulfonamides is 1. The van der Waals surface area contributed by atoms with Crippen LogP contribution in [0.4, 0.5) is 0 Å². The molecule has 0 saturated carbocycles. The molecule has 6 heteroatoms. The second-order valence-electron chi connectivity index (χ2n) is 5.06. The lowest BCUT2D eigenvalue weighted by Gasteiger charge is -2.24. The molecule has 0 aliphatic carbocycles. The van der Waals surface area contributed by atoms with E-state index >= 15 is 0 Å². The molecule has 108 valence electrons. The SMILES string of the molecule is CNC[C@@H]1CCCN1S(=O)(=O)c1ccc(C#N)cc1C. The molecule has 0 aromatic heterocycles. The maximum atomic E-state index is 12.8. The van der Waals surface area contributed by atoms with Crippen molar-refractivity contribution in [3.05, 3.63) is 29.3 Å². The van der Waals surface area contributed by atoms with Crippen molar-refractivity contribution in [2.75, 3.05) is 20.1 Å². The van der Waals surface area contributed by atoms with Crippen molar-refractivity contribution in [3.63, 3.8) is 0 Å². The molecule has 0 spiro atoms. The second-order valence-corrected chi connectivity index (χ2v) is 6.92. The second kappa shape index (κ2) is 5.92. The lowest BCUT2D eigenvalue weighted by Crippen LogP contribution is -2.40. The van der Waals surface area contributed by atoms with Gasteiger partial charge in [-0.3, -0.25) is 0 Å². The monoisotopic (exact) mass is 293 g/mol. The van der Waals surface area contributed by atoms with E-state index in [4.69, 9.17) is 5.26 Å². The van der Waals surface area contributed by atoms with Gasteiger partial charge in [0.15, 0.2) is 0 Å². The Morgan fingerprint density at radius 2 is 2.25 bits per heavy atom. The third-order valence-corrected chi connectivity index (χ3v) is 5.77. The van der Waals surface area contributed by atoms with Crippen LogP contribution in [0.15, 0.2) is 23.1 Å². The van der Waals surface area contributed by atoms with Crippen molar-refractivity contribution in [3.8, 4) is 6.07 Å². The van der Waals surface area contributed by atoms with E-state index in [-0.39, 0.29) is 6.04 Å². The Morgan fingerprint density at radius 1 is 1.50 bits per heavy atom. The molecular weight excluding hydrogens is 274 g/mol. The third-order valence-electron chi connectivity index (χ3n) is 3.65. The molecule has 1 N–H and O–H groups in total. The summed E-state index contributed by atoms with van der Waals surface area (Å²) in [5, 5.41) is 11.9. The first-order chi connectivity index (χ1) is 9.50. The Bertz CT molecular complexity index is 634. The van der Waals surface area contributed by atoms with Crippen LogP contribution in [0.5, 0.6) is 0 Å². The number of hydrogen-bond donors (Lipinski definition) is 1. The molecule has 1 heterocycles. The minimum Gasteiger partial charge on any atom is -0.318 e. The number of nitriles is 1. The van der Waals surface area contributed by atoms with Gasteiger partial charge in [-0.05, 0) is 50.6 Å². The summed E-state index contributed by atoms with van der Waals surface area (Å²) in [5.41, 5.74) is 1.11. The zero-order chi connectivity index (χ0) is 14.8. The molecule has 1 aliphatic rings. The van der Waals surface area contributed by atoms with Crippen LogP contribution in [0.3, 0.4) is 0 Å². The summed E-state index contributed by atoms with van der Waals surface area (Å²) in [6.45, 7) is 2.96. The van der Waals surface area contributed by atoms with Crippen LogP contribution in [-0.4, -0.2) is 38.9 Å². The Kier molecular flexibility index (Phi) is 4.43. The summed E-state index contributed by atoms with van der Waals surface area (Å²) in [5.74, 6) is 0. The van der Waals surface area contributed by atoms with Gasteiger partial charge in [-0.1, -0.05) is 0 Å². The highest BCUT2D eigenvalue weighted by Crippen LogP contribution is 2.27. The highest BCUT2D eigenvalue weighted by Gasteiger charge is 2.35. The van der Waals surface area contributed by atoms with Gasteiger partial charge in [0.25, 0.3) is 0 Å². The van der Waals surface area contributed by atoms with Crippen LogP contribution in [0.2, 0.25) is 0 Å². The van der Waals surface area contributed by atoms with Crippen LogP contribution in [0.1, 0.15) is 24.0 Å². The van der Waals surface area contributed by atoms with E-state index in [0.717, 1.165) is 12.8 Å². The van der Waals surface area contributed by atoms with Gasteiger partial charge in [0, 0.05) is 19.1 Å². The fourth-order valence-corrected chi connectivity index (χ4v) is 4.60. The van der Waals surface area contributed by atoms with Crippen LogP contribution in [-0.2, 0) is 10.0 Å². The predicted molar refractivity (Wildman–Crippen MR) is 76.7 cm³/mol. The number of rotatable bonds is 4. The zero-order valence-electron chi connectivity index (χ0n) is 11.8. The Balaban J connectivity index is 2.38. The first-order valence-electron chi connectivity index (χ1n) is 6.68. The van der Waals surface area contributed by atoms with E-state index in [1.807, 2.05) is 13.1 Å². The van der Waals surface area contributed by atoms with Crippen molar-refractivity contribution in [1.29, 1.82) is 5.26 Å². The molecule has 1 aliphatic heterocycles. The van der Waals surface area contributed by atoms with Gasteiger partial charge in [-0.25, -0.2) is 8.42 Å². The molecule has 0 bridgehead atoms. The molecule has 1 aromatic rings. The fourth-order valence-electron chi connectivity index (χ4n) is 2.70. The Morgan fingerprint density at radius 3 is 2.85 bits per heavy atom. The number of nitrogens with zero attached hydrogens (tertiary/aromatic N) is 2.